The molecule has 1 aromatic carbocycles. The van der Waals surface area contributed by atoms with Gasteiger partial charge in [0.15, 0.2) is 0 Å². The molecule has 0 aliphatic rings. The monoisotopic (exact) mass is 799 g/mol. The maximum absolute atomic E-state index is 11.5. The molecule has 0 saturated heterocycles. The fraction of sp³-hybridized carbons (Fsp3) is 0.500. The fourth-order valence-electron chi connectivity index (χ4n) is 3.07. The lowest BCUT2D eigenvalue weighted by Crippen LogP contribution is -2.74. The second kappa shape index (κ2) is 46.3. The summed E-state index contributed by atoms with van der Waals surface area (Å²) in [6, 6.07) is 6.11. The van der Waals surface area contributed by atoms with Gasteiger partial charge in [-0.05, 0) is 50.6 Å². The zero-order valence-electron chi connectivity index (χ0n) is 30.8. The van der Waals surface area contributed by atoms with E-state index in [2.05, 4.69) is 22.2 Å². The maximum atomic E-state index is 11.5. The van der Waals surface area contributed by atoms with Crippen molar-refractivity contribution >= 4 is 66.3 Å². The van der Waals surface area contributed by atoms with Gasteiger partial charge in [0, 0.05) is 29.8 Å². The summed E-state index contributed by atoms with van der Waals surface area (Å²) in [4.78, 5) is 78.3. The largest absolute Gasteiger partial charge is 0.481 e. The number of rotatable bonds is 23. The van der Waals surface area contributed by atoms with Crippen molar-refractivity contribution in [1.29, 1.82) is 0 Å². The Morgan fingerprint density at radius 3 is 2.02 bits per heavy atom. The van der Waals surface area contributed by atoms with Crippen LogP contribution in [0.25, 0.3) is 0 Å². The summed E-state index contributed by atoms with van der Waals surface area (Å²) in [5.41, 5.74) is 17.7. The number of carbonyl (C=O) groups excluding carboxylic acids is 4. The van der Waals surface area contributed by atoms with Crippen molar-refractivity contribution in [3.05, 3.63) is 49.1 Å². The van der Waals surface area contributed by atoms with Gasteiger partial charge in [0.25, 0.3) is 5.84 Å². The molecule has 0 aliphatic heterocycles. The molecule has 14 N–H and O–H groups in total. The van der Waals surface area contributed by atoms with Crippen molar-refractivity contribution in [3.8, 4) is 0 Å². The Balaban J connectivity index is -0.000000249. The number of benzene rings is 1. The number of carboxylic acid groups (broad SMARTS) is 1. The number of unbranched alkanes of at least 4 members (excludes halogenated alkanes) is 1. The highest BCUT2D eigenvalue weighted by Crippen LogP contribution is 2.35. The summed E-state index contributed by atoms with van der Waals surface area (Å²) in [6.45, 7) is 14.3. The molecule has 19 nitrogen and oxygen atoms in total. The summed E-state index contributed by atoms with van der Waals surface area (Å²) in [6.07, 6.45) is 7.51. The lowest BCUT2D eigenvalue weighted by Gasteiger charge is -2.20. The zero-order chi connectivity index (χ0) is 41.9. The molecular formula is C32H61N6O13P2+. The molecule has 0 radical (unpaired) electrons. The van der Waals surface area contributed by atoms with E-state index >= 15 is 0 Å². The van der Waals surface area contributed by atoms with Gasteiger partial charge in [0.1, 0.15) is 13.6 Å². The van der Waals surface area contributed by atoms with E-state index < -0.39 is 41.7 Å². The van der Waals surface area contributed by atoms with Gasteiger partial charge < -0.3 is 70.2 Å². The van der Waals surface area contributed by atoms with Crippen LogP contribution >= 0.6 is 17.2 Å². The van der Waals surface area contributed by atoms with Crippen LogP contribution in [-0.2, 0) is 37.5 Å². The smallest absolute Gasteiger partial charge is 0.329 e. The predicted octanol–water partition coefficient (Wildman–Crippen LogP) is 0.234. The summed E-state index contributed by atoms with van der Waals surface area (Å²) >= 11 is 0. The van der Waals surface area contributed by atoms with Crippen LogP contribution in [0.1, 0.15) is 52.9 Å². The second-order valence-electron chi connectivity index (χ2n) is 9.33. The number of nitrogen functional groups attached to an aromatic ring is 1. The SMILES string of the molecule is C=C/C=C\C(N)=[NH+]CC.C=O.C=O.CC.NCCCCC(COP(O)O)COP(O)OCC(CO)NC(=O)CCC(=O)O.Nc1ccc(NC=O)cc1. The lowest BCUT2D eigenvalue weighted by atomic mass is 10.0. The number of hydrogen-bond donors (Lipinski definition) is 11. The standard InChI is InChI=1S/C14H30N2O10P2.C7H8N2O.C7H12N2.C2H6.2CH2O/c15-6-2-1-3-11(8-24-27(21)22)9-25-28(23)26-10-12(7-17)16-13(18)4-5-14(19)20;8-6-1-3-7(4-2-6)9-5-10;1-3-5-6-7(8)9-4-2;3*1-2/h11-12,17,21-23H,1-10,15H2,(H,16,18)(H,19,20);1-5H,8H2,(H,9,10);3,5-6H,1,4H2,2H3,(H2,8,9);1-2H3;2*1H2/p+1/b;;6-5-;;;. The van der Waals surface area contributed by atoms with Crippen molar-refractivity contribution < 1.29 is 67.4 Å². The van der Waals surface area contributed by atoms with Crippen molar-refractivity contribution in [2.24, 2.45) is 17.4 Å². The van der Waals surface area contributed by atoms with Crippen LogP contribution in [0.3, 0.4) is 0 Å². The number of amides is 2. The van der Waals surface area contributed by atoms with E-state index in [-0.39, 0.29) is 38.6 Å². The Labute approximate surface area is 314 Å². The van der Waals surface area contributed by atoms with E-state index in [9.17, 15) is 24.4 Å². The van der Waals surface area contributed by atoms with Crippen LogP contribution in [0, 0.1) is 5.92 Å². The third-order valence-corrected chi connectivity index (χ3v) is 6.50. The summed E-state index contributed by atoms with van der Waals surface area (Å²) in [5, 5.41) is 22.6. The third kappa shape index (κ3) is 46.2. The molecular weight excluding hydrogens is 738 g/mol. The number of amidine groups is 1. The number of hydrogen-bond acceptors (Lipinski definition) is 14. The van der Waals surface area contributed by atoms with E-state index in [0.29, 0.717) is 30.9 Å². The minimum atomic E-state index is -2.48. The topological polar surface area (TPSA) is 330 Å². The molecule has 21 heteroatoms. The minimum Gasteiger partial charge on any atom is -0.481 e. The highest BCUT2D eigenvalue weighted by atomic mass is 31.2. The molecule has 3 atom stereocenters. The summed E-state index contributed by atoms with van der Waals surface area (Å²) in [7, 11) is -4.78. The average molecular weight is 800 g/mol. The lowest BCUT2D eigenvalue weighted by molar-refractivity contribution is -0.452. The Kier molecular flexibility index (Phi) is 51.1. The second-order valence-corrected chi connectivity index (χ2v) is 11.1. The molecule has 0 saturated carbocycles. The summed E-state index contributed by atoms with van der Waals surface area (Å²) < 4.78 is 15.1. The van der Waals surface area contributed by atoms with Crippen LogP contribution < -0.4 is 32.8 Å². The van der Waals surface area contributed by atoms with Gasteiger partial charge >= 0.3 is 23.2 Å². The van der Waals surface area contributed by atoms with E-state index in [0.717, 1.165) is 25.1 Å². The van der Waals surface area contributed by atoms with Gasteiger partial charge in [-0.3, -0.25) is 25.1 Å². The quantitative estimate of drug-likeness (QED) is 0.0134. The first kappa shape index (κ1) is 58.6. The Morgan fingerprint density at radius 2 is 1.55 bits per heavy atom. The number of allylic oxidation sites excluding steroid dienone is 2. The number of aliphatic hydroxyl groups is 1. The molecule has 0 aliphatic carbocycles. The van der Waals surface area contributed by atoms with Crippen molar-refractivity contribution in [1.82, 2.24) is 5.32 Å². The first-order valence-corrected chi connectivity index (χ1v) is 18.4. The van der Waals surface area contributed by atoms with E-state index in [4.69, 9.17) is 55.3 Å². The van der Waals surface area contributed by atoms with Gasteiger partial charge in [-0.1, -0.05) is 39.0 Å². The van der Waals surface area contributed by atoms with Gasteiger partial charge in [-0.15, -0.1) is 0 Å². The number of aliphatic carboxylic acids is 1. The Bertz CT molecular complexity index is 1070. The Hall–Kier alpha value is -3.74. The van der Waals surface area contributed by atoms with Gasteiger partial charge in [-0.25, -0.2) is 0 Å². The van der Waals surface area contributed by atoms with Gasteiger partial charge in [-0.2, -0.15) is 0 Å². The number of carboxylic acids is 1. The van der Waals surface area contributed by atoms with Crippen LogP contribution in [0.5, 0.6) is 0 Å². The number of aliphatic hydroxyl groups excluding tert-OH is 1. The molecule has 0 heterocycles. The maximum Gasteiger partial charge on any atom is 0.329 e. The Morgan fingerprint density at radius 1 is 0.981 bits per heavy atom. The van der Waals surface area contributed by atoms with Crippen molar-refractivity contribution in [2.75, 3.05) is 50.6 Å². The van der Waals surface area contributed by atoms with Crippen LogP contribution in [0.4, 0.5) is 11.4 Å². The molecule has 0 aromatic heterocycles. The van der Waals surface area contributed by atoms with E-state index in [1.807, 2.05) is 34.3 Å². The first-order valence-electron chi connectivity index (χ1n) is 16.1. The highest BCUT2D eigenvalue weighted by Gasteiger charge is 2.19. The average Bonchev–Trinajstić information content (AvgIpc) is 3.16. The van der Waals surface area contributed by atoms with Crippen molar-refractivity contribution in [2.45, 2.75) is 58.9 Å². The van der Waals surface area contributed by atoms with Crippen LogP contribution in [-0.4, -0.2) is 108 Å². The molecule has 306 valence electrons. The van der Waals surface area contributed by atoms with Gasteiger partial charge in [0.05, 0.1) is 45.4 Å². The normalized spacial score (nSPS) is 11.8. The fourth-order valence-corrected chi connectivity index (χ4v) is 4.13. The number of nitrogens with one attached hydrogen (secondary N) is 3. The number of anilines is 2. The molecule has 1 rings (SSSR count). The zero-order valence-corrected chi connectivity index (χ0v) is 32.6. The first-order chi connectivity index (χ1) is 25.4. The van der Waals surface area contributed by atoms with E-state index in [1.165, 1.54) is 0 Å². The molecule has 0 fully saturated rings. The molecule has 53 heavy (non-hydrogen) atoms. The van der Waals surface area contributed by atoms with Crippen LogP contribution in [0.2, 0.25) is 0 Å². The molecule has 0 spiro atoms. The third-order valence-electron chi connectivity index (χ3n) is 5.38. The summed E-state index contributed by atoms with van der Waals surface area (Å²) in [5.74, 6) is -1.20. The minimum absolute atomic E-state index is 0.0331. The van der Waals surface area contributed by atoms with Crippen molar-refractivity contribution in [3.63, 3.8) is 0 Å². The highest BCUT2D eigenvalue weighted by molar-refractivity contribution is 7.40. The molecule has 0 bridgehead atoms. The van der Waals surface area contributed by atoms with Crippen LogP contribution in [0.15, 0.2) is 49.1 Å². The van der Waals surface area contributed by atoms with E-state index in [1.54, 1.807) is 42.5 Å². The predicted molar refractivity (Wildman–Crippen MR) is 207 cm³/mol. The number of nitrogens with two attached hydrogens (primary N) is 3. The number of carbonyl (C=O) groups is 5. The van der Waals surface area contributed by atoms with Gasteiger partial charge in [0.2, 0.25) is 12.3 Å². The molecule has 2 amide bonds. The molecule has 3 unspecified atom stereocenters. The molecule has 1 aromatic rings.